The van der Waals surface area contributed by atoms with Crippen LogP contribution in [0.15, 0.2) is 35.4 Å². The zero-order valence-corrected chi connectivity index (χ0v) is 27.3. The van der Waals surface area contributed by atoms with Gasteiger partial charge in [0.05, 0.1) is 6.04 Å². The van der Waals surface area contributed by atoms with Crippen LogP contribution in [0.2, 0.25) is 0 Å². The number of hydrazone groups is 1. The van der Waals surface area contributed by atoms with Crippen molar-refractivity contribution in [2.45, 2.75) is 71.4 Å². The smallest absolute Gasteiger partial charge is 0.408 e. The van der Waals surface area contributed by atoms with Gasteiger partial charge in [0.2, 0.25) is 5.91 Å². The van der Waals surface area contributed by atoms with Crippen molar-refractivity contribution in [2.75, 3.05) is 20.1 Å². The number of Topliss-reactive ketones (excluding diaryl/α,β-unsaturated/α-hetero) is 1. The van der Waals surface area contributed by atoms with Crippen LogP contribution >= 0.6 is 15.2 Å². The molecule has 0 aliphatic heterocycles. The van der Waals surface area contributed by atoms with Crippen molar-refractivity contribution >= 4 is 39.2 Å². The monoisotopic (exact) mass is 648 g/mol. The van der Waals surface area contributed by atoms with Gasteiger partial charge in [-0.3, -0.25) is 23.7 Å². The number of hydrogen-bond donors (Lipinski definition) is 6. The lowest BCUT2D eigenvalue weighted by atomic mass is 9.87. The van der Waals surface area contributed by atoms with Gasteiger partial charge in [-0.1, -0.05) is 64.4 Å². The Morgan fingerprint density at radius 3 is 2.16 bits per heavy atom. The van der Waals surface area contributed by atoms with E-state index in [9.17, 15) is 43.1 Å². The molecule has 16 heteroatoms. The number of alkyl carbamates (subject to hydrolysis) is 1. The van der Waals surface area contributed by atoms with Gasteiger partial charge in [-0.15, -0.1) is 0 Å². The fourth-order valence-corrected chi connectivity index (χ4v) is 5.94. The fraction of sp³-hybridized carbons (Fsp3) is 0.630. The minimum atomic E-state index is -5.29. The molecule has 0 aliphatic rings. The predicted molar refractivity (Wildman–Crippen MR) is 162 cm³/mol. The molecule has 0 spiro atoms. The molecule has 14 nitrogen and oxygen atoms in total. The number of ketones is 1. The largest absolute Gasteiger partial charge is 0.445 e. The minimum Gasteiger partial charge on any atom is -0.445 e. The molecule has 0 saturated heterocycles. The lowest BCUT2D eigenvalue weighted by Crippen LogP contribution is -2.46. The third-order valence-corrected chi connectivity index (χ3v) is 11.4. The Morgan fingerprint density at radius 2 is 1.65 bits per heavy atom. The van der Waals surface area contributed by atoms with Crippen molar-refractivity contribution in [1.82, 2.24) is 15.6 Å². The maximum absolute atomic E-state index is 13.4. The number of benzene rings is 1. The average molecular weight is 649 g/mol. The number of carbonyl (C=O) groups excluding carboxylic acids is 3. The maximum Gasteiger partial charge on any atom is 0.408 e. The summed E-state index contributed by atoms with van der Waals surface area (Å²) in [5, 5.41) is 10.3. The summed E-state index contributed by atoms with van der Waals surface area (Å²) >= 11 is 0. The first kappa shape index (κ1) is 38.4. The van der Waals surface area contributed by atoms with Crippen LogP contribution < -0.4 is 10.6 Å². The molecule has 244 valence electrons. The Hall–Kier alpha value is -2.60. The quantitative estimate of drug-likeness (QED) is 0.0773. The van der Waals surface area contributed by atoms with Gasteiger partial charge in [0, 0.05) is 32.1 Å². The number of amides is 2. The Labute approximate surface area is 253 Å². The zero-order valence-electron chi connectivity index (χ0n) is 25.5. The molecule has 0 fully saturated rings. The number of carbonyl (C=O) groups is 3. The molecule has 0 aromatic heterocycles. The summed E-state index contributed by atoms with van der Waals surface area (Å²) in [4.78, 5) is 73.2. The molecule has 3 atom stereocenters. The average Bonchev–Trinajstić information content (AvgIpc) is 2.90. The molecule has 0 saturated carbocycles. The lowest BCUT2D eigenvalue weighted by Gasteiger charge is -2.31. The summed E-state index contributed by atoms with van der Waals surface area (Å²) in [5.41, 5.74) is 0.813. The van der Waals surface area contributed by atoms with Crippen molar-refractivity contribution < 1.29 is 47.8 Å². The van der Waals surface area contributed by atoms with Crippen LogP contribution in [0.5, 0.6) is 0 Å². The van der Waals surface area contributed by atoms with E-state index in [-0.39, 0.29) is 43.1 Å². The molecule has 0 bridgehead atoms. The van der Waals surface area contributed by atoms with Crippen LogP contribution in [-0.2, 0) is 30.1 Å². The summed E-state index contributed by atoms with van der Waals surface area (Å²) in [6.45, 7) is 7.16. The van der Waals surface area contributed by atoms with Gasteiger partial charge in [-0.2, -0.15) is 5.10 Å². The fourth-order valence-electron chi connectivity index (χ4n) is 4.01. The summed E-state index contributed by atoms with van der Waals surface area (Å²) in [6, 6.07) is 8.38. The van der Waals surface area contributed by atoms with Gasteiger partial charge in [0.1, 0.15) is 13.2 Å². The minimum absolute atomic E-state index is 0.0640. The second kappa shape index (κ2) is 17.0. The summed E-state index contributed by atoms with van der Waals surface area (Å²) in [7, 11) is -9.11. The lowest BCUT2D eigenvalue weighted by molar-refractivity contribution is -0.123. The van der Waals surface area contributed by atoms with Crippen LogP contribution in [0.25, 0.3) is 0 Å². The predicted octanol–water partition coefficient (Wildman–Crippen LogP) is 3.05. The number of hydrogen-bond acceptors (Lipinski definition) is 8. The first-order chi connectivity index (χ1) is 19.8. The number of likely N-dealkylation sites (N-methyl/N-ethyl adjacent to an activating group) is 1. The van der Waals surface area contributed by atoms with E-state index in [0.29, 0.717) is 19.8 Å². The van der Waals surface area contributed by atoms with E-state index in [0.717, 1.165) is 5.56 Å². The van der Waals surface area contributed by atoms with Gasteiger partial charge in [0.25, 0.3) is 0 Å². The standard InChI is InChI=1S/C27H46N4O10P2/c1-7-20(4)25(30-26(34)41-17-21-11-9-8-10-12-21)23(32)14-22(13-19(2)3)15-29-31(6)16-24(33)28-18-27(5,42(35,36)37)43(38,39)40/h8-12,15,19-20,22,25H,7,13-14,16-18H2,1-6H3,(H,28,33)(H,30,34)(H2,35,36,37)(H2,38,39,40)/b29-15+/t20-,22+,25-/m1/s1. The van der Waals surface area contributed by atoms with Crippen molar-refractivity contribution in [3.8, 4) is 0 Å². The van der Waals surface area contributed by atoms with E-state index in [1.54, 1.807) is 0 Å². The van der Waals surface area contributed by atoms with E-state index in [1.165, 1.54) is 18.3 Å². The van der Waals surface area contributed by atoms with Gasteiger partial charge in [0.15, 0.2) is 10.7 Å². The van der Waals surface area contributed by atoms with Crippen LogP contribution in [0, 0.1) is 17.8 Å². The number of nitrogens with one attached hydrogen (secondary N) is 2. The van der Waals surface area contributed by atoms with Crippen LogP contribution in [-0.4, -0.2) is 79.7 Å². The van der Waals surface area contributed by atoms with Crippen molar-refractivity contribution in [3.63, 3.8) is 0 Å². The molecule has 43 heavy (non-hydrogen) atoms. The van der Waals surface area contributed by atoms with Gasteiger partial charge >= 0.3 is 21.3 Å². The Bertz CT molecular complexity index is 1160. The highest BCUT2D eigenvalue weighted by molar-refractivity contribution is 7.72. The summed E-state index contributed by atoms with van der Waals surface area (Å²) in [5.74, 6) is -1.27. The van der Waals surface area contributed by atoms with Crippen LogP contribution in [0.3, 0.4) is 0 Å². The van der Waals surface area contributed by atoms with Crippen molar-refractivity contribution in [2.24, 2.45) is 22.9 Å². The molecule has 0 aliphatic carbocycles. The molecule has 1 aromatic carbocycles. The molecular weight excluding hydrogens is 602 g/mol. The Morgan fingerprint density at radius 1 is 1.07 bits per heavy atom. The van der Waals surface area contributed by atoms with Gasteiger partial charge in [-0.25, -0.2) is 4.79 Å². The Balaban J connectivity index is 2.86. The van der Waals surface area contributed by atoms with E-state index < -0.39 is 44.7 Å². The molecule has 1 rings (SSSR count). The first-order valence-corrected chi connectivity index (χ1v) is 17.2. The highest BCUT2D eigenvalue weighted by Gasteiger charge is 2.56. The van der Waals surface area contributed by atoms with Crippen molar-refractivity contribution in [3.05, 3.63) is 35.9 Å². The normalized spacial score (nSPS) is 14.7. The second-order valence-corrected chi connectivity index (χ2v) is 15.8. The molecule has 0 heterocycles. The SMILES string of the molecule is CC[C@@H](C)[C@@H](NC(=O)OCc1ccccc1)C(=O)C[C@@H](/C=N/N(C)CC(=O)NCC(C)(P(=O)(O)O)P(=O)(O)O)CC(C)C. The van der Waals surface area contributed by atoms with E-state index in [1.807, 2.05) is 58.0 Å². The van der Waals surface area contributed by atoms with Crippen molar-refractivity contribution in [1.29, 1.82) is 0 Å². The first-order valence-electron chi connectivity index (χ1n) is 13.9. The molecular formula is C27H46N4O10P2. The molecule has 2 amide bonds. The molecule has 0 radical (unpaired) electrons. The maximum atomic E-state index is 13.4. The highest BCUT2D eigenvalue weighted by atomic mass is 31.2. The second-order valence-electron chi connectivity index (χ2n) is 11.3. The molecule has 6 N–H and O–H groups in total. The topological polar surface area (TPSA) is 215 Å². The van der Waals surface area contributed by atoms with E-state index in [2.05, 4.69) is 15.7 Å². The van der Waals surface area contributed by atoms with Crippen LogP contribution in [0.1, 0.15) is 59.4 Å². The molecule has 0 unspecified atom stereocenters. The van der Waals surface area contributed by atoms with E-state index >= 15 is 0 Å². The number of rotatable bonds is 18. The number of ether oxygens (including phenoxy) is 1. The summed E-state index contributed by atoms with van der Waals surface area (Å²) in [6.07, 6.45) is 2.12. The Kier molecular flexibility index (Phi) is 15.2. The third kappa shape index (κ3) is 12.9. The third-order valence-electron chi connectivity index (χ3n) is 7.01. The highest BCUT2D eigenvalue weighted by Crippen LogP contribution is 2.68. The van der Waals surface area contributed by atoms with Gasteiger partial charge in [-0.05, 0) is 30.7 Å². The van der Waals surface area contributed by atoms with Gasteiger partial charge < -0.3 is 34.9 Å². The van der Waals surface area contributed by atoms with E-state index in [4.69, 9.17) is 4.74 Å². The zero-order chi connectivity index (χ0) is 33.0. The molecule has 1 aromatic rings. The van der Waals surface area contributed by atoms with Crippen LogP contribution in [0.4, 0.5) is 4.79 Å². The summed E-state index contributed by atoms with van der Waals surface area (Å²) < 4.78 is 28.7. The number of nitrogens with zero attached hydrogens (tertiary/aromatic N) is 2.